The van der Waals surface area contributed by atoms with Crippen LogP contribution in [-0.2, 0) is 31.2 Å². The quantitative estimate of drug-likeness (QED) is 0.124. The van der Waals surface area contributed by atoms with Crippen LogP contribution < -0.4 is 0 Å². The minimum Gasteiger partial charge on any atom is -0.439 e. The zero-order valence-corrected chi connectivity index (χ0v) is 30.4. The summed E-state index contributed by atoms with van der Waals surface area (Å²) in [6, 6.07) is 18.6. The Balaban J connectivity index is 0. The van der Waals surface area contributed by atoms with Gasteiger partial charge in [0.15, 0.2) is 19.9 Å². The van der Waals surface area contributed by atoms with Crippen LogP contribution >= 0.6 is 0 Å². The topological polar surface area (TPSA) is 102 Å². The molecule has 2 rings (SSSR count). The average molecular weight is 672 g/mol. The van der Waals surface area contributed by atoms with Crippen LogP contribution in [0.15, 0.2) is 73.3 Å². The van der Waals surface area contributed by atoms with Crippen molar-refractivity contribution in [2.45, 2.75) is 90.5 Å². The maximum absolute atomic E-state index is 12.5. The second-order valence-corrected chi connectivity index (χ2v) is 21.7. The summed E-state index contributed by atoms with van der Waals surface area (Å²) in [5, 5.41) is 20.4. The predicted molar refractivity (Wildman–Crippen MR) is 176 cm³/mol. The number of hydrogen-bond acceptors (Lipinski definition) is 7. The molecule has 3 atom stereocenters. The maximum atomic E-state index is 12.5. The molecule has 1 radical (unpaired) electrons. The standard InChI is InChI=1S/C18H34O5Si3.C12H14O2.CH4.V/c1-18(20,17(19)16-12-9-8-10-13-16)14-11-15-25(4,5)22-24(3)23-26(6,7)21-2;1-3-9-12(2,14)11(13)10-7-5-4-6-8-10;;/h8-10,12-13,20,24H,11,14-15H2,1-7H3;3-8,14H,1,9H2,2H3;1H4;. The molecule has 0 aliphatic rings. The molecule has 0 aromatic heterocycles. The summed E-state index contributed by atoms with van der Waals surface area (Å²) < 4.78 is 17.7. The third-order valence-electron chi connectivity index (χ3n) is 6.46. The second-order valence-electron chi connectivity index (χ2n) is 11.5. The molecule has 0 aliphatic heterocycles. The van der Waals surface area contributed by atoms with Crippen molar-refractivity contribution in [3.8, 4) is 0 Å². The average Bonchev–Trinajstić information content (AvgIpc) is 2.88. The fraction of sp³-hybridized carbons (Fsp3) is 0.484. The number of aliphatic hydroxyl groups is 2. The summed E-state index contributed by atoms with van der Waals surface area (Å²) in [5.74, 6) is -0.490. The Hall–Kier alpha value is -1.44. The Morgan fingerprint density at radius 3 is 1.71 bits per heavy atom. The second kappa shape index (κ2) is 19.1. The van der Waals surface area contributed by atoms with Gasteiger partial charge in [0.2, 0.25) is 0 Å². The van der Waals surface area contributed by atoms with Crippen molar-refractivity contribution in [1.82, 2.24) is 0 Å². The van der Waals surface area contributed by atoms with Gasteiger partial charge in [0.05, 0.1) is 0 Å². The Bertz CT molecular complexity index is 1080. The SMILES string of the molecule is C.C=CCC(C)(O)C(=O)c1ccccc1.CO[Si](C)(C)O[SiH](C)O[Si](C)(C)CCCC(C)(O)C(=O)c1ccccc1.[V]. The fourth-order valence-corrected chi connectivity index (χ4v) is 13.4. The van der Waals surface area contributed by atoms with Crippen molar-refractivity contribution in [3.63, 3.8) is 0 Å². The third kappa shape index (κ3) is 15.3. The van der Waals surface area contributed by atoms with E-state index in [1.807, 2.05) is 43.9 Å². The van der Waals surface area contributed by atoms with Crippen LogP contribution in [0.1, 0.15) is 61.3 Å². The van der Waals surface area contributed by atoms with E-state index >= 15 is 0 Å². The normalized spacial score (nSPS) is 14.8. The molecule has 2 N–H and O–H groups in total. The Labute approximate surface area is 269 Å². The zero-order chi connectivity index (χ0) is 30.6. The van der Waals surface area contributed by atoms with E-state index in [1.54, 1.807) is 56.5 Å². The molecule has 0 saturated carbocycles. The van der Waals surface area contributed by atoms with E-state index in [9.17, 15) is 19.8 Å². The van der Waals surface area contributed by atoms with Crippen LogP contribution in [0.4, 0.5) is 0 Å². The van der Waals surface area contributed by atoms with Crippen molar-refractivity contribution < 1.29 is 51.0 Å². The summed E-state index contributed by atoms with van der Waals surface area (Å²) in [4.78, 5) is 24.3. The largest absolute Gasteiger partial charge is 0.439 e. The first kappa shape index (κ1) is 42.7. The minimum absolute atomic E-state index is 0. The van der Waals surface area contributed by atoms with Gasteiger partial charge < -0.3 is 22.9 Å². The van der Waals surface area contributed by atoms with Crippen LogP contribution in [0.3, 0.4) is 0 Å². The van der Waals surface area contributed by atoms with Gasteiger partial charge >= 0.3 is 8.56 Å². The molecular formula is C31H52O7Si3V. The van der Waals surface area contributed by atoms with E-state index in [1.165, 1.54) is 6.92 Å². The summed E-state index contributed by atoms with van der Waals surface area (Å²) in [6.07, 6.45) is 2.98. The molecule has 7 nitrogen and oxygen atoms in total. The monoisotopic (exact) mass is 671 g/mol. The van der Waals surface area contributed by atoms with E-state index < -0.39 is 37.4 Å². The van der Waals surface area contributed by atoms with E-state index in [0.717, 1.165) is 12.5 Å². The van der Waals surface area contributed by atoms with Crippen molar-refractivity contribution >= 4 is 37.7 Å². The van der Waals surface area contributed by atoms with Gasteiger partial charge in [0.1, 0.15) is 11.2 Å². The molecule has 0 bridgehead atoms. The number of Topliss-reactive ketones (excluding diaryl/α,β-unsaturated/α-hetero) is 2. The van der Waals surface area contributed by atoms with E-state index in [2.05, 4.69) is 19.7 Å². The van der Waals surface area contributed by atoms with Crippen LogP contribution in [0.5, 0.6) is 0 Å². The van der Waals surface area contributed by atoms with E-state index in [4.69, 9.17) is 12.7 Å². The zero-order valence-electron chi connectivity index (χ0n) is 25.8. The molecule has 0 spiro atoms. The molecule has 0 heterocycles. The van der Waals surface area contributed by atoms with Gasteiger partial charge in [0.25, 0.3) is 9.28 Å². The third-order valence-corrected chi connectivity index (χ3v) is 16.5. The first-order valence-corrected chi connectivity index (χ1v) is 21.7. The number of rotatable bonds is 15. The number of ketones is 2. The van der Waals surface area contributed by atoms with Crippen molar-refractivity contribution in [1.29, 1.82) is 0 Å². The minimum atomic E-state index is -2.08. The number of carbonyl (C=O) groups excluding carboxylic acids is 2. The molecule has 42 heavy (non-hydrogen) atoms. The molecule has 3 unspecified atom stereocenters. The molecule has 235 valence electrons. The molecule has 2 aromatic rings. The van der Waals surface area contributed by atoms with Crippen LogP contribution in [-0.4, -0.2) is 66.3 Å². The Kier molecular flexibility index (Phi) is 19.4. The van der Waals surface area contributed by atoms with Gasteiger partial charge in [0, 0.05) is 43.2 Å². The molecule has 0 aliphatic carbocycles. The number of hydrogen-bond donors (Lipinski definition) is 2. The van der Waals surface area contributed by atoms with E-state index in [-0.39, 0.29) is 44.0 Å². The summed E-state index contributed by atoms with van der Waals surface area (Å²) in [5.41, 5.74) is -1.62. The molecule has 2 aromatic carbocycles. The fourth-order valence-electron chi connectivity index (χ4n) is 4.13. The van der Waals surface area contributed by atoms with Crippen LogP contribution in [0.2, 0.25) is 38.8 Å². The summed E-state index contributed by atoms with van der Waals surface area (Å²) in [7, 11) is -4.06. The van der Waals surface area contributed by atoms with Gasteiger partial charge in [-0.3, -0.25) is 9.59 Å². The van der Waals surface area contributed by atoms with Crippen molar-refractivity contribution in [2.75, 3.05) is 7.11 Å². The van der Waals surface area contributed by atoms with Crippen LogP contribution in [0, 0.1) is 0 Å². The van der Waals surface area contributed by atoms with Crippen molar-refractivity contribution in [3.05, 3.63) is 84.4 Å². The maximum Gasteiger partial charge on any atom is 0.322 e. The summed E-state index contributed by atoms with van der Waals surface area (Å²) in [6.45, 7) is 17.0. The molecule has 0 amide bonds. The van der Waals surface area contributed by atoms with Crippen molar-refractivity contribution in [2.24, 2.45) is 0 Å². The molecule has 0 fully saturated rings. The molecular weight excluding hydrogens is 620 g/mol. The Morgan fingerprint density at radius 2 is 1.31 bits per heavy atom. The van der Waals surface area contributed by atoms with Gasteiger partial charge in [-0.2, -0.15) is 0 Å². The molecule has 11 heteroatoms. The van der Waals surface area contributed by atoms with E-state index in [0.29, 0.717) is 17.5 Å². The predicted octanol–water partition coefficient (Wildman–Crippen LogP) is 6.67. The van der Waals surface area contributed by atoms with Gasteiger partial charge in [-0.25, -0.2) is 0 Å². The Morgan fingerprint density at radius 1 is 0.881 bits per heavy atom. The van der Waals surface area contributed by atoms with Gasteiger partial charge in [-0.15, -0.1) is 6.58 Å². The smallest absolute Gasteiger partial charge is 0.322 e. The molecule has 0 saturated heterocycles. The van der Waals surface area contributed by atoms with Gasteiger partial charge in [-0.1, -0.05) is 80.6 Å². The number of carbonyl (C=O) groups is 2. The summed E-state index contributed by atoms with van der Waals surface area (Å²) >= 11 is 0. The number of benzene rings is 2. The first-order chi connectivity index (χ1) is 18.5. The van der Waals surface area contributed by atoms with Gasteiger partial charge in [-0.05, 0) is 59.0 Å². The van der Waals surface area contributed by atoms with Crippen LogP contribution in [0.25, 0.3) is 0 Å². The first-order valence-electron chi connectivity index (χ1n) is 13.6.